The lowest BCUT2D eigenvalue weighted by molar-refractivity contribution is 0.0426. The number of aliphatic hydroxyl groups excluding tert-OH is 1. The maximum Gasteiger partial charge on any atom is 0.316 e. The van der Waals surface area contributed by atoms with Crippen LogP contribution in [-0.2, 0) is 6.61 Å². The van der Waals surface area contributed by atoms with Gasteiger partial charge in [0.25, 0.3) is 0 Å². The second-order valence-electron chi connectivity index (χ2n) is 4.29. The van der Waals surface area contributed by atoms with E-state index in [0.717, 1.165) is 18.5 Å². The van der Waals surface area contributed by atoms with Crippen LogP contribution < -0.4 is 4.74 Å². The minimum Gasteiger partial charge on any atom is -0.457 e. The van der Waals surface area contributed by atoms with E-state index in [-0.39, 0.29) is 12.1 Å². The van der Waals surface area contributed by atoms with E-state index in [1.54, 1.807) is 23.1 Å². The van der Waals surface area contributed by atoms with Crippen molar-refractivity contribution in [2.45, 2.75) is 31.6 Å². The van der Waals surface area contributed by atoms with E-state index in [1.165, 1.54) is 0 Å². The molecular formula is C11H13N5O2. The standard InChI is InChI=1S/C11H13N5O2/c17-10-4-9(5-10)16-6-8(14-15-16)7-18-11-12-2-1-3-13-11/h1-3,6,9-10,17H,4-5,7H2. The Balaban J connectivity index is 1.57. The number of rotatable bonds is 4. The van der Waals surface area contributed by atoms with Gasteiger partial charge in [0.15, 0.2) is 0 Å². The van der Waals surface area contributed by atoms with Crippen molar-refractivity contribution in [3.63, 3.8) is 0 Å². The molecule has 7 heteroatoms. The van der Waals surface area contributed by atoms with Gasteiger partial charge in [-0.2, -0.15) is 0 Å². The van der Waals surface area contributed by atoms with Gasteiger partial charge in [0.05, 0.1) is 18.3 Å². The predicted octanol–water partition coefficient (Wildman–Crippen LogP) is 0.343. The molecule has 2 aromatic rings. The summed E-state index contributed by atoms with van der Waals surface area (Å²) in [6.45, 7) is 0.291. The first-order chi connectivity index (χ1) is 8.81. The van der Waals surface area contributed by atoms with Crippen molar-refractivity contribution in [3.8, 4) is 6.01 Å². The van der Waals surface area contributed by atoms with Crippen LogP contribution in [0.1, 0.15) is 24.6 Å². The lowest BCUT2D eigenvalue weighted by atomic mass is 9.90. The smallest absolute Gasteiger partial charge is 0.316 e. The average molecular weight is 247 g/mol. The number of hydrogen-bond acceptors (Lipinski definition) is 6. The van der Waals surface area contributed by atoms with E-state index in [4.69, 9.17) is 4.74 Å². The van der Waals surface area contributed by atoms with Crippen molar-refractivity contribution in [1.29, 1.82) is 0 Å². The van der Waals surface area contributed by atoms with Crippen LogP contribution in [0.4, 0.5) is 0 Å². The highest BCUT2D eigenvalue weighted by molar-refractivity contribution is 4.98. The molecule has 0 radical (unpaired) electrons. The van der Waals surface area contributed by atoms with Gasteiger partial charge in [0.2, 0.25) is 0 Å². The zero-order valence-corrected chi connectivity index (χ0v) is 9.68. The van der Waals surface area contributed by atoms with Crippen molar-refractivity contribution in [2.75, 3.05) is 0 Å². The summed E-state index contributed by atoms with van der Waals surface area (Å²) in [7, 11) is 0. The molecule has 2 heterocycles. The second kappa shape index (κ2) is 4.69. The molecule has 2 aromatic heterocycles. The van der Waals surface area contributed by atoms with Crippen molar-refractivity contribution < 1.29 is 9.84 Å². The van der Waals surface area contributed by atoms with Gasteiger partial charge in [-0.15, -0.1) is 5.10 Å². The van der Waals surface area contributed by atoms with Crippen LogP contribution in [0.3, 0.4) is 0 Å². The summed E-state index contributed by atoms with van der Waals surface area (Å²) in [4.78, 5) is 7.90. The van der Waals surface area contributed by atoms with Crippen LogP contribution in [-0.4, -0.2) is 36.2 Å². The molecule has 0 spiro atoms. The first kappa shape index (κ1) is 11.1. The van der Waals surface area contributed by atoms with Gasteiger partial charge >= 0.3 is 6.01 Å². The fraction of sp³-hybridized carbons (Fsp3) is 0.455. The maximum absolute atomic E-state index is 9.24. The molecule has 0 unspecified atom stereocenters. The summed E-state index contributed by atoms with van der Waals surface area (Å²) >= 11 is 0. The number of aromatic nitrogens is 5. The summed E-state index contributed by atoms with van der Waals surface area (Å²) in [6, 6.07) is 2.31. The van der Waals surface area contributed by atoms with E-state index >= 15 is 0 Å². The Hall–Kier alpha value is -2.02. The Labute approximate surface area is 103 Å². The monoisotopic (exact) mass is 247 g/mol. The van der Waals surface area contributed by atoms with Crippen LogP contribution in [0.2, 0.25) is 0 Å². The molecule has 18 heavy (non-hydrogen) atoms. The van der Waals surface area contributed by atoms with Gasteiger partial charge in [-0.3, -0.25) is 0 Å². The van der Waals surface area contributed by atoms with E-state index < -0.39 is 0 Å². The maximum atomic E-state index is 9.24. The van der Waals surface area contributed by atoms with E-state index in [0.29, 0.717) is 12.6 Å². The Bertz CT molecular complexity index is 509. The summed E-state index contributed by atoms with van der Waals surface area (Å²) in [5.74, 6) is 0. The fourth-order valence-corrected chi connectivity index (χ4v) is 1.83. The van der Waals surface area contributed by atoms with Crippen LogP contribution in [0.5, 0.6) is 6.01 Å². The molecule has 0 amide bonds. The fourth-order valence-electron chi connectivity index (χ4n) is 1.83. The Morgan fingerprint density at radius 3 is 2.83 bits per heavy atom. The highest BCUT2D eigenvalue weighted by Gasteiger charge is 2.29. The van der Waals surface area contributed by atoms with Crippen molar-refractivity contribution in [3.05, 3.63) is 30.4 Å². The van der Waals surface area contributed by atoms with Gasteiger partial charge in [-0.05, 0) is 18.9 Å². The molecule has 0 aliphatic heterocycles. The largest absolute Gasteiger partial charge is 0.457 e. The van der Waals surface area contributed by atoms with Gasteiger partial charge in [0.1, 0.15) is 12.3 Å². The summed E-state index contributed by atoms with van der Waals surface area (Å²) in [5, 5.41) is 17.3. The van der Waals surface area contributed by atoms with Crippen molar-refractivity contribution in [1.82, 2.24) is 25.0 Å². The quantitative estimate of drug-likeness (QED) is 0.838. The molecule has 1 fully saturated rings. The Morgan fingerprint density at radius 1 is 1.33 bits per heavy atom. The van der Waals surface area contributed by atoms with E-state index in [1.807, 2.05) is 6.20 Å². The molecule has 0 atom stereocenters. The lowest BCUT2D eigenvalue weighted by Gasteiger charge is -2.30. The number of nitrogens with zero attached hydrogens (tertiary/aromatic N) is 5. The van der Waals surface area contributed by atoms with E-state index in [9.17, 15) is 5.11 Å². The molecule has 94 valence electrons. The molecule has 0 bridgehead atoms. The first-order valence-electron chi connectivity index (χ1n) is 5.80. The van der Waals surface area contributed by atoms with Gasteiger partial charge in [-0.1, -0.05) is 5.21 Å². The number of ether oxygens (including phenoxy) is 1. The summed E-state index contributed by atoms with van der Waals surface area (Å²) < 4.78 is 7.15. The number of hydrogen-bond donors (Lipinski definition) is 1. The molecular weight excluding hydrogens is 234 g/mol. The molecule has 0 saturated heterocycles. The third-order valence-electron chi connectivity index (χ3n) is 2.91. The zero-order chi connectivity index (χ0) is 12.4. The van der Waals surface area contributed by atoms with Gasteiger partial charge < -0.3 is 9.84 Å². The first-order valence-corrected chi connectivity index (χ1v) is 5.80. The van der Waals surface area contributed by atoms with Gasteiger partial charge in [0, 0.05) is 12.4 Å². The minimum atomic E-state index is -0.198. The second-order valence-corrected chi connectivity index (χ2v) is 4.29. The highest BCUT2D eigenvalue weighted by atomic mass is 16.5. The average Bonchev–Trinajstić information content (AvgIpc) is 2.82. The Kier molecular flexibility index (Phi) is 2.89. The number of aliphatic hydroxyl groups is 1. The minimum absolute atomic E-state index is 0.198. The predicted molar refractivity (Wildman–Crippen MR) is 60.7 cm³/mol. The highest BCUT2D eigenvalue weighted by Crippen LogP contribution is 2.31. The van der Waals surface area contributed by atoms with Crippen molar-refractivity contribution >= 4 is 0 Å². The van der Waals surface area contributed by atoms with Gasteiger partial charge in [-0.25, -0.2) is 14.6 Å². The van der Waals surface area contributed by atoms with Crippen LogP contribution in [0, 0.1) is 0 Å². The van der Waals surface area contributed by atoms with Crippen molar-refractivity contribution in [2.24, 2.45) is 0 Å². The molecule has 7 nitrogen and oxygen atoms in total. The lowest BCUT2D eigenvalue weighted by Crippen LogP contribution is -2.31. The molecule has 1 N–H and O–H groups in total. The SMILES string of the molecule is OC1CC(n2cc(COc3ncccn3)nn2)C1. The zero-order valence-electron chi connectivity index (χ0n) is 9.68. The molecule has 1 aliphatic rings. The topological polar surface area (TPSA) is 86.0 Å². The van der Waals surface area contributed by atoms with E-state index in [2.05, 4.69) is 20.3 Å². The molecule has 0 aromatic carbocycles. The van der Waals surface area contributed by atoms with Crippen LogP contribution in [0.25, 0.3) is 0 Å². The normalized spacial score (nSPS) is 22.5. The third-order valence-corrected chi connectivity index (χ3v) is 2.91. The van der Waals surface area contributed by atoms with Crippen LogP contribution >= 0.6 is 0 Å². The molecule has 1 saturated carbocycles. The summed E-state index contributed by atoms with van der Waals surface area (Å²) in [6.07, 6.45) is 6.36. The molecule has 1 aliphatic carbocycles. The molecule has 3 rings (SSSR count). The van der Waals surface area contributed by atoms with Crippen LogP contribution in [0.15, 0.2) is 24.7 Å². The summed E-state index contributed by atoms with van der Waals surface area (Å²) in [5.41, 5.74) is 0.726. The third kappa shape index (κ3) is 2.30. The Morgan fingerprint density at radius 2 is 2.11 bits per heavy atom.